The molecule has 62 valence electrons. The Morgan fingerprint density at radius 3 is 2.36 bits per heavy atom. The van der Waals surface area contributed by atoms with Crippen LogP contribution in [0.1, 0.15) is 27.2 Å². The summed E-state index contributed by atoms with van der Waals surface area (Å²) in [6, 6.07) is 0. The van der Waals surface area contributed by atoms with Crippen LogP contribution in [0.3, 0.4) is 0 Å². The number of rotatable bonds is 4. The van der Waals surface area contributed by atoms with E-state index in [1.807, 2.05) is 6.92 Å². The molecule has 0 aliphatic heterocycles. The molecule has 0 aliphatic rings. The zero-order chi connectivity index (χ0) is 8.85. The first-order valence-electron chi connectivity index (χ1n) is 3.98. The highest BCUT2D eigenvalue weighted by atomic mass is 14.7. The summed E-state index contributed by atoms with van der Waals surface area (Å²) in [5.74, 6) is 0.475. The fourth-order valence-corrected chi connectivity index (χ4v) is 0.415. The summed E-state index contributed by atoms with van der Waals surface area (Å²) < 4.78 is 0. The molecule has 11 heavy (non-hydrogen) atoms. The van der Waals surface area contributed by atoms with E-state index in [9.17, 15) is 0 Å². The van der Waals surface area contributed by atoms with Crippen molar-refractivity contribution in [3.8, 4) is 0 Å². The number of allylic oxidation sites excluding steroid dienone is 2. The summed E-state index contributed by atoms with van der Waals surface area (Å²) in [5, 5.41) is 0. The molecule has 0 aromatic carbocycles. The van der Waals surface area contributed by atoms with Crippen LogP contribution in [-0.4, -0.2) is 6.21 Å². The molecule has 0 rings (SSSR count). The van der Waals surface area contributed by atoms with Gasteiger partial charge in [0.25, 0.3) is 0 Å². The lowest BCUT2D eigenvalue weighted by Gasteiger charge is -2.01. The Balaban J connectivity index is 3.93. The van der Waals surface area contributed by atoms with Crippen LogP contribution in [-0.2, 0) is 0 Å². The van der Waals surface area contributed by atoms with Gasteiger partial charge in [0.15, 0.2) is 0 Å². The fourth-order valence-electron chi connectivity index (χ4n) is 0.415. The van der Waals surface area contributed by atoms with Crippen LogP contribution in [0.4, 0.5) is 0 Å². The van der Waals surface area contributed by atoms with Crippen LogP contribution in [0.15, 0.2) is 29.4 Å². The lowest BCUT2D eigenvalue weighted by atomic mass is 10.1. The van der Waals surface area contributed by atoms with Gasteiger partial charge in [0.2, 0.25) is 0 Å². The SMILES string of the molecule is C=C(CC)N=CC(=C)C(C)C. The quantitative estimate of drug-likeness (QED) is 0.547. The molecule has 0 bridgehead atoms. The van der Waals surface area contributed by atoms with Gasteiger partial charge in [-0.2, -0.15) is 0 Å². The molecule has 0 radical (unpaired) electrons. The summed E-state index contributed by atoms with van der Waals surface area (Å²) in [5.41, 5.74) is 1.96. The van der Waals surface area contributed by atoms with Crippen LogP contribution in [0, 0.1) is 5.92 Å². The Kier molecular flexibility index (Phi) is 4.51. The third-order valence-corrected chi connectivity index (χ3v) is 1.56. The first kappa shape index (κ1) is 10.2. The van der Waals surface area contributed by atoms with E-state index in [0.29, 0.717) is 5.92 Å². The van der Waals surface area contributed by atoms with Crippen molar-refractivity contribution in [1.82, 2.24) is 0 Å². The van der Waals surface area contributed by atoms with Gasteiger partial charge in [0, 0.05) is 11.9 Å². The number of hydrogen-bond acceptors (Lipinski definition) is 1. The second kappa shape index (κ2) is 4.89. The summed E-state index contributed by atoms with van der Waals surface area (Å²) in [6.45, 7) is 13.9. The molecule has 0 amide bonds. The molecule has 1 heteroatoms. The third-order valence-electron chi connectivity index (χ3n) is 1.56. The molecule has 0 aliphatic carbocycles. The zero-order valence-electron chi connectivity index (χ0n) is 7.72. The van der Waals surface area contributed by atoms with Crippen molar-refractivity contribution in [2.45, 2.75) is 27.2 Å². The predicted molar refractivity (Wildman–Crippen MR) is 51.9 cm³/mol. The van der Waals surface area contributed by atoms with Gasteiger partial charge in [-0.1, -0.05) is 33.9 Å². The van der Waals surface area contributed by atoms with Crippen molar-refractivity contribution in [3.63, 3.8) is 0 Å². The molecule has 0 saturated carbocycles. The molecule has 0 saturated heterocycles. The average molecular weight is 151 g/mol. The average Bonchev–Trinajstić information content (AvgIpc) is 1.99. The zero-order valence-corrected chi connectivity index (χ0v) is 7.72. The first-order chi connectivity index (χ1) is 5.07. The standard InChI is InChI=1S/C10H17N/c1-6-10(5)11-7-9(4)8(2)3/h7-8H,4-6H2,1-3H3. The molecule has 0 aromatic heterocycles. The largest absolute Gasteiger partial charge is 0.262 e. The van der Waals surface area contributed by atoms with Crippen molar-refractivity contribution in [2.24, 2.45) is 10.9 Å². The summed E-state index contributed by atoms with van der Waals surface area (Å²) >= 11 is 0. The Morgan fingerprint density at radius 1 is 1.45 bits per heavy atom. The van der Waals surface area contributed by atoms with Crippen LogP contribution < -0.4 is 0 Å². The van der Waals surface area contributed by atoms with Crippen molar-refractivity contribution < 1.29 is 0 Å². The highest BCUT2D eigenvalue weighted by Gasteiger charge is 1.94. The monoisotopic (exact) mass is 151 g/mol. The van der Waals surface area contributed by atoms with Gasteiger partial charge in [0.05, 0.1) is 0 Å². The van der Waals surface area contributed by atoms with Crippen LogP contribution in [0.5, 0.6) is 0 Å². The van der Waals surface area contributed by atoms with Crippen molar-refractivity contribution in [2.75, 3.05) is 0 Å². The first-order valence-corrected chi connectivity index (χ1v) is 3.98. The van der Waals surface area contributed by atoms with E-state index in [-0.39, 0.29) is 0 Å². The lowest BCUT2D eigenvalue weighted by Crippen LogP contribution is -1.92. The Labute approximate surface area is 69.5 Å². The molecular formula is C10H17N. The highest BCUT2D eigenvalue weighted by Crippen LogP contribution is 2.05. The van der Waals surface area contributed by atoms with Gasteiger partial charge < -0.3 is 0 Å². The summed E-state index contributed by atoms with van der Waals surface area (Å²) in [4.78, 5) is 4.14. The van der Waals surface area contributed by atoms with Gasteiger partial charge in [-0.3, -0.25) is 4.99 Å². The third kappa shape index (κ3) is 4.54. The molecule has 0 atom stereocenters. The minimum absolute atomic E-state index is 0.475. The van der Waals surface area contributed by atoms with E-state index in [2.05, 4.69) is 32.0 Å². The Morgan fingerprint density at radius 2 is 2.00 bits per heavy atom. The van der Waals surface area contributed by atoms with Crippen molar-refractivity contribution in [3.05, 3.63) is 24.4 Å². The smallest absolute Gasteiger partial charge is 0.0329 e. The molecule has 1 nitrogen and oxygen atoms in total. The van der Waals surface area contributed by atoms with Gasteiger partial charge in [-0.25, -0.2) is 0 Å². The second-order valence-corrected chi connectivity index (χ2v) is 2.91. The predicted octanol–water partition coefficient (Wildman–Crippen LogP) is 3.19. The minimum Gasteiger partial charge on any atom is -0.262 e. The molecule has 0 unspecified atom stereocenters. The van der Waals surface area contributed by atoms with E-state index < -0.39 is 0 Å². The van der Waals surface area contributed by atoms with Crippen LogP contribution in [0.25, 0.3) is 0 Å². The lowest BCUT2D eigenvalue weighted by molar-refractivity contribution is 0.809. The minimum atomic E-state index is 0.475. The number of hydrogen-bond donors (Lipinski definition) is 0. The highest BCUT2D eigenvalue weighted by molar-refractivity contribution is 5.78. The molecule has 0 heterocycles. The van der Waals surface area contributed by atoms with Gasteiger partial charge in [-0.15, -0.1) is 0 Å². The van der Waals surface area contributed by atoms with Crippen molar-refractivity contribution >= 4 is 6.21 Å². The maximum atomic E-state index is 4.14. The second-order valence-electron chi connectivity index (χ2n) is 2.91. The Hall–Kier alpha value is -0.850. The van der Waals surface area contributed by atoms with Gasteiger partial charge in [-0.05, 0) is 17.9 Å². The van der Waals surface area contributed by atoms with E-state index in [4.69, 9.17) is 0 Å². The molecule has 0 spiro atoms. The summed E-state index contributed by atoms with van der Waals surface area (Å²) in [6.07, 6.45) is 2.71. The van der Waals surface area contributed by atoms with Gasteiger partial charge in [0.1, 0.15) is 0 Å². The molecule has 0 fully saturated rings. The molecule has 0 aromatic rings. The Bertz CT molecular complexity index is 175. The maximum absolute atomic E-state index is 4.14. The normalized spacial score (nSPS) is 10.9. The number of nitrogens with zero attached hydrogens (tertiary/aromatic N) is 1. The maximum Gasteiger partial charge on any atom is 0.0329 e. The van der Waals surface area contributed by atoms with E-state index in [1.165, 1.54) is 0 Å². The van der Waals surface area contributed by atoms with E-state index in [0.717, 1.165) is 17.7 Å². The topological polar surface area (TPSA) is 12.4 Å². The fraction of sp³-hybridized carbons (Fsp3) is 0.500. The van der Waals surface area contributed by atoms with Gasteiger partial charge >= 0.3 is 0 Å². The number of aliphatic imine (C=N–C) groups is 1. The van der Waals surface area contributed by atoms with E-state index >= 15 is 0 Å². The summed E-state index contributed by atoms with van der Waals surface area (Å²) in [7, 11) is 0. The molecular weight excluding hydrogens is 134 g/mol. The van der Waals surface area contributed by atoms with Crippen LogP contribution >= 0.6 is 0 Å². The van der Waals surface area contributed by atoms with E-state index in [1.54, 1.807) is 6.21 Å². The van der Waals surface area contributed by atoms with Crippen LogP contribution in [0.2, 0.25) is 0 Å². The molecule has 0 N–H and O–H groups in total. The van der Waals surface area contributed by atoms with Crippen molar-refractivity contribution in [1.29, 1.82) is 0 Å².